The molecule has 0 aliphatic heterocycles. The molecule has 150 valence electrons. The number of hydrogen-bond donors (Lipinski definition) is 0. The lowest BCUT2D eigenvalue weighted by atomic mass is 10.1. The monoisotopic (exact) mass is 412 g/mol. The Bertz CT molecular complexity index is 1030. The minimum Gasteiger partial charge on any atom is -0.493 e. The number of para-hydroxylation sites is 1. The lowest BCUT2D eigenvalue weighted by molar-refractivity contribution is 0.104. The molecule has 29 heavy (non-hydrogen) atoms. The molecule has 0 bridgehead atoms. The van der Waals surface area contributed by atoms with Crippen LogP contribution in [0.3, 0.4) is 0 Å². The predicted molar refractivity (Wildman–Crippen MR) is 113 cm³/mol. The van der Waals surface area contributed by atoms with Crippen molar-refractivity contribution in [3.05, 3.63) is 70.5 Å². The average Bonchev–Trinajstić information content (AvgIpc) is 3.05. The first-order valence-electron chi connectivity index (χ1n) is 8.83. The number of nitrogens with zero attached hydrogens (tertiary/aromatic N) is 2. The van der Waals surface area contributed by atoms with Crippen molar-refractivity contribution in [3.8, 4) is 22.9 Å². The van der Waals surface area contributed by atoms with Gasteiger partial charge in [0, 0.05) is 0 Å². The number of hydrogen-bond acceptors (Lipinski definition) is 5. The van der Waals surface area contributed by atoms with E-state index in [2.05, 4.69) is 5.10 Å². The molecule has 0 amide bonds. The molecule has 0 radical (unpaired) electrons. The van der Waals surface area contributed by atoms with E-state index in [1.54, 1.807) is 29.8 Å². The van der Waals surface area contributed by atoms with Gasteiger partial charge in [0.2, 0.25) is 5.75 Å². The van der Waals surface area contributed by atoms with E-state index in [9.17, 15) is 4.79 Å². The van der Waals surface area contributed by atoms with E-state index in [1.807, 2.05) is 30.3 Å². The van der Waals surface area contributed by atoms with Crippen LogP contribution in [0.5, 0.6) is 17.2 Å². The lowest BCUT2D eigenvalue weighted by Crippen LogP contribution is -1.98. The van der Waals surface area contributed by atoms with Crippen LogP contribution >= 0.6 is 11.6 Å². The topological polar surface area (TPSA) is 62.6 Å². The molecule has 1 aromatic heterocycles. The minimum atomic E-state index is -0.247. The van der Waals surface area contributed by atoms with Gasteiger partial charge >= 0.3 is 0 Å². The highest BCUT2D eigenvalue weighted by atomic mass is 35.5. The molecule has 2 aromatic carbocycles. The van der Waals surface area contributed by atoms with E-state index in [0.29, 0.717) is 28.5 Å². The summed E-state index contributed by atoms with van der Waals surface area (Å²) in [6.45, 7) is 1.76. The van der Waals surface area contributed by atoms with Gasteiger partial charge in [-0.2, -0.15) is 5.10 Å². The van der Waals surface area contributed by atoms with E-state index in [0.717, 1.165) is 11.3 Å². The number of aromatic nitrogens is 2. The molecule has 3 rings (SSSR count). The smallest absolute Gasteiger partial charge is 0.203 e. The number of carbonyl (C=O) groups is 1. The second kappa shape index (κ2) is 8.84. The standard InChI is InChI=1S/C22H21ClN2O4/c1-14-20(22(23)25(24-14)16-8-6-5-7-9-16)17(26)11-10-15-12-18(27-2)21(29-4)19(13-15)28-3/h5-13H,1-4H3. The fourth-order valence-electron chi connectivity index (χ4n) is 2.97. The van der Waals surface area contributed by atoms with E-state index in [1.165, 1.54) is 27.4 Å². The number of carbonyl (C=O) groups excluding carboxylic acids is 1. The summed E-state index contributed by atoms with van der Waals surface area (Å²) < 4.78 is 17.6. The zero-order valence-electron chi connectivity index (χ0n) is 16.6. The molecule has 0 fully saturated rings. The van der Waals surface area contributed by atoms with Gasteiger partial charge in [-0.25, -0.2) is 4.68 Å². The molecule has 0 atom stereocenters. The molecule has 1 heterocycles. The van der Waals surface area contributed by atoms with Crippen molar-refractivity contribution in [3.63, 3.8) is 0 Å². The normalized spacial score (nSPS) is 10.9. The van der Waals surface area contributed by atoms with Crippen LogP contribution in [0.1, 0.15) is 21.6 Å². The number of ether oxygens (including phenoxy) is 3. The van der Waals surface area contributed by atoms with Crippen molar-refractivity contribution >= 4 is 23.5 Å². The second-order valence-electron chi connectivity index (χ2n) is 6.15. The Morgan fingerprint density at radius 2 is 1.66 bits per heavy atom. The zero-order valence-corrected chi connectivity index (χ0v) is 17.4. The summed E-state index contributed by atoms with van der Waals surface area (Å²) in [4.78, 5) is 12.8. The second-order valence-corrected chi connectivity index (χ2v) is 6.51. The van der Waals surface area contributed by atoms with Crippen LogP contribution in [-0.2, 0) is 0 Å². The Balaban J connectivity index is 1.93. The molecular formula is C22H21ClN2O4. The molecular weight excluding hydrogens is 392 g/mol. The molecule has 0 spiro atoms. The number of ketones is 1. The van der Waals surface area contributed by atoms with Crippen LogP contribution in [0.4, 0.5) is 0 Å². The molecule has 7 heteroatoms. The zero-order chi connectivity index (χ0) is 21.0. The number of allylic oxidation sites excluding steroid dienone is 1. The summed E-state index contributed by atoms with van der Waals surface area (Å²) in [5.74, 6) is 1.25. The number of rotatable bonds is 7. The van der Waals surface area contributed by atoms with E-state index in [-0.39, 0.29) is 10.9 Å². The molecule has 0 unspecified atom stereocenters. The van der Waals surface area contributed by atoms with Crippen LogP contribution in [0, 0.1) is 6.92 Å². The number of aryl methyl sites for hydroxylation is 1. The minimum absolute atomic E-state index is 0.247. The highest BCUT2D eigenvalue weighted by Gasteiger charge is 2.19. The van der Waals surface area contributed by atoms with Crippen molar-refractivity contribution in [2.24, 2.45) is 0 Å². The predicted octanol–water partition coefficient (Wildman–Crippen LogP) is 4.76. The summed E-state index contributed by atoms with van der Waals surface area (Å²) in [7, 11) is 4.61. The lowest BCUT2D eigenvalue weighted by Gasteiger charge is -2.12. The van der Waals surface area contributed by atoms with Crippen LogP contribution in [-0.4, -0.2) is 36.9 Å². The Kier molecular flexibility index (Phi) is 6.24. The van der Waals surface area contributed by atoms with Gasteiger partial charge in [0.05, 0.1) is 38.3 Å². The van der Waals surface area contributed by atoms with Crippen molar-refractivity contribution in [2.75, 3.05) is 21.3 Å². The quantitative estimate of drug-likeness (QED) is 0.413. The first-order chi connectivity index (χ1) is 14.0. The summed E-state index contributed by atoms with van der Waals surface area (Å²) in [6.07, 6.45) is 3.12. The van der Waals surface area contributed by atoms with Gasteiger partial charge < -0.3 is 14.2 Å². The molecule has 3 aromatic rings. The van der Waals surface area contributed by atoms with Crippen LogP contribution < -0.4 is 14.2 Å². The Morgan fingerprint density at radius 1 is 1.03 bits per heavy atom. The summed E-state index contributed by atoms with van der Waals surface area (Å²) >= 11 is 6.46. The first kappa shape index (κ1) is 20.5. The fourth-order valence-corrected chi connectivity index (χ4v) is 3.34. The van der Waals surface area contributed by atoms with Crippen molar-refractivity contribution in [1.29, 1.82) is 0 Å². The third kappa shape index (κ3) is 4.12. The van der Waals surface area contributed by atoms with E-state index in [4.69, 9.17) is 25.8 Å². The van der Waals surface area contributed by atoms with Crippen molar-refractivity contribution in [2.45, 2.75) is 6.92 Å². The first-order valence-corrected chi connectivity index (χ1v) is 9.21. The maximum Gasteiger partial charge on any atom is 0.203 e. The Hall–Kier alpha value is -3.25. The highest BCUT2D eigenvalue weighted by Crippen LogP contribution is 2.38. The third-order valence-corrected chi connectivity index (χ3v) is 4.71. The van der Waals surface area contributed by atoms with Crippen molar-refractivity contribution < 1.29 is 19.0 Å². The fraction of sp³-hybridized carbons (Fsp3) is 0.182. The summed E-state index contributed by atoms with van der Waals surface area (Å²) in [6, 6.07) is 12.9. The number of methoxy groups -OCH3 is 3. The summed E-state index contributed by atoms with van der Waals surface area (Å²) in [5.41, 5.74) is 2.42. The van der Waals surface area contributed by atoms with Crippen LogP contribution in [0.2, 0.25) is 5.15 Å². The molecule has 0 N–H and O–H groups in total. The van der Waals surface area contributed by atoms with Gasteiger partial charge in [0.1, 0.15) is 5.15 Å². The van der Waals surface area contributed by atoms with Crippen LogP contribution in [0.15, 0.2) is 48.5 Å². The van der Waals surface area contributed by atoms with Crippen molar-refractivity contribution in [1.82, 2.24) is 9.78 Å². The van der Waals surface area contributed by atoms with Crippen LogP contribution in [0.25, 0.3) is 11.8 Å². The van der Waals surface area contributed by atoms with Gasteiger partial charge in [-0.15, -0.1) is 0 Å². The highest BCUT2D eigenvalue weighted by molar-refractivity contribution is 6.34. The molecule has 0 saturated carbocycles. The Labute approximate surface area is 174 Å². The summed E-state index contributed by atoms with van der Waals surface area (Å²) in [5, 5.41) is 4.68. The average molecular weight is 413 g/mol. The molecule has 0 aliphatic rings. The van der Waals surface area contributed by atoms with Gasteiger partial charge in [-0.1, -0.05) is 35.9 Å². The number of benzene rings is 2. The SMILES string of the molecule is COc1cc(C=CC(=O)c2c(C)nn(-c3ccccc3)c2Cl)cc(OC)c1OC. The molecule has 0 aliphatic carbocycles. The van der Waals surface area contributed by atoms with Gasteiger partial charge in [0.25, 0.3) is 0 Å². The van der Waals surface area contributed by atoms with Gasteiger partial charge in [-0.05, 0) is 42.8 Å². The largest absolute Gasteiger partial charge is 0.493 e. The number of halogens is 1. The third-order valence-electron chi connectivity index (χ3n) is 4.37. The molecule has 6 nitrogen and oxygen atoms in total. The maximum atomic E-state index is 12.8. The van der Waals surface area contributed by atoms with Gasteiger partial charge in [-0.3, -0.25) is 4.79 Å². The van der Waals surface area contributed by atoms with E-state index < -0.39 is 0 Å². The van der Waals surface area contributed by atoms with Gasteiger partial charge in [0.15, 0.2) is 17.3 Å². The van der Waals surface area contributed by atoms with E-state index >= 15 is 0 Å². The Morgan fingerprint density at radius 3 is 2.21 bits per heavy atom. The molecule has 0 saturated heterocycles. The maximum absolute atomic E-state index is 12.8.